The van der Waals surface area contributed by atoms with Crippen molar-refractivity contribution in [3.8, 4) is 5.75 Å². The maximum absolute atomic E-state index is 13.2. The van der Waals surface area contributed by atoms with Crippen LogP contribution in [-0.2, 0) is 6.61 Å². The molecule has 0 amide bonds. The number of aryl methyl sites for hydroxylation is 1. The summed E-state index contributed by atoms with van der Waals surface area (Å²) in [5.41, 5.74) is 0.737. The molecule has 4 rings (SSSR count). The molecule has 0 unspecified atom stereocenters. The Morgan fingerprint density at radius 1 is 1.15 bits per heavy atom. The van der Waals surface area contributed by atoms with E-state index in [0.717, 1.165) is 9.15 Å². The van der Waals surface area contributed by atoms with Gasteiger partial charge in [-0.1, -0.05) is 44.0 Å². The zero-order valence-corrected chi connectivity index (χ0v) is 20.7. The molecule has 0 atom stereocenters. The summed E-state index contributed by atoms with van der Waals surface area (Å²) in [4.78, 5) is 28.5. The van der Waals surface area contributed by atoms with Gasteiger partial charge in [0, 0.05) is 20.6 Å². The second kappa shape index (κ2) is 9.82. The summed E-state index contributed by atoms with van der Waals surface area (Å²) in [6, 6.07) is 13.6. The van der Waals surface area contributed by atoms with Crippen molar-refractivity contribution in [2.75, 3.05) is 0 Å². The Hall–Kier alpha value is -3.44. The molecule has 3 aromatic carbocycles. The summed E-state index contributed by atoms with van der Waals surface area (Å²) in [6.07, 6.45) is 1.30. The second-order valence-electron chi connectivity index (χ2n) is 7.20. The molecule has 0 radical (unpaired) electrons. The summed E-state index contributed by atoms with van der Waals surface area (Å²) >= 11 is 6.61. The fourth-order valence-electron chi connectivity index (χ4n) is 3.24. The van der Waals surface area contributed by atoms with Crippen LogP contribution in [0, 0.1) is 22.9 Å². The van der Waals surface area contributed by atoms with Gasteiger partial charge in [-0.25, -0.2) is 9.37 Å². The monoisotopic (exact) mass is 588 g/mol. The number of nitro groups is 1. The second-order valence-corrected chi connectivity index (χ2v) is 9.03. The quantitative estimate of drug-likeness (QED) is 0.162. The molecule has 4 aromatic rings. The molecule has 0 aliphatic heterocycles. The van der Waals surface area contributed by atoms with Gasteiger partial charge in [0.25, 0.3) is 5.56 Å². The van der Waals surface area contributed by atoms with Gasteiger partial charge in [0.1, 0.15) is 18.2 Å². The van der Waals surface area contributed by atoms with Crippen molar-refractivity contribution >= 4 is 54.7 Å². The summed E-state index contributed by atoms with van der Waals surface area (Å²) in [5, 5.41) is 16.3. The van der Waals surface area contributed by atoms with Crippen LogP contribution in [0.4, 0.5) is 10.1 Å². The third-order valence-electron chi connectivity index (χ3n) is 4.84. The zero-order chi connectivity index (χ0) is 24.4. The first-order chi connectivity index (χ1) is 16.2. The van der Waals surface area contributed by atoms with Crippen molar-refractivity contribution in [2.45, 2.75) is 13.5 Å². The van der Waals surface area contributed by atoms with Gasteiger partial charge in [0.2, 0.25) is 5.75 Å². The summed E-state index contributed by atoms with van der Waals surface area (Å²) in [6.45, 7) is 1.60. The van der Waals surface area contributed by atoms with Crippen molar-refractivity contribution < 1.29 is 14.1 Å². The van der Waals surface area contributed by atoms with E-state index in [1.807, 2.05) is 0 Å². The molecule has 1 heterocycles. The third-order valence-corrected chi connectivity index (χ3v) is 5.79. The molecule has 172 valence electrons. The minimum absolute atomic E-state index is 0.0336. The highest BCUT2D eigenvalue weighted by atomic mass is 79.9. The molecule has 0 bridgehead atoms. The van der Waals surface area contributed by atoms with E-state index in [0.29, 0.717) is 26.8 Å². The first-order valence-electron chi connectivity index (χ1n) is 9.81. The Kier molecular flexibility index (Phi) is 6.85. The molecule has 11 heteroatoms. The van der Waals surface area contributed by atoms with E-state index in [2.05, 4.69) is 41.9 Å². The van der Waals surface area contributed by atoms with E-state index in [-0.39, 0.29) is 23.6 Å². The number of nitro benzene ring substituents is 1. The predicted molar refractivity (Wildman–Crippen MR) is 133 cm³/mol. The minimum Gasteiger partial charge on any atom is -0.481 e. The van der Waals surface area contributed by atoms with E-state index in [1.54, 1.807) is 31.2 Å². The largest absolute Gasteiger partial charge is 0.481 e. The van der Waals surface area contributed by atoms with Crippen molar-refractivity contribution in [3.63, 3.8) is 0 Å². The lowest BCUT2D eigenvalue weighted by molar-refractivity contribution is -0.386. The van der Waals surface area contributed by atoms with E-state index >= 15 is 0 Å². The van der Waals surface area contributed by atoms with Gasteiger partial charge in [0.05, 0.1) is 22.0 Å². The molecule has 0 aliphatic carbocycles. The van der Waals surface area contributed by atoms with Gasteiger partial charge in [-0.3, -0.25) is 14.9 Å². The SMILES string of the molecule is Cc1nc2ccc(Br)cc2c(=O)n1N=Cc1cc(Br)cc([N+](=O)[O-])c1OCc1ccc(F)cc1. The highest BCUT2D eigenvalue weighted by Gasteiger charge is 2.21. The minimum atomic E-state index is -0.575. The number of ether oxygens (including phenoxy) is 1. The Morgan fingerprint density at radius 3 is 2.59 bits per heavy atom. The van der Waals surface area contributed by atoms with Crippen LogP contribution < -0.4 is 10.3 Å². The number of hydrogen-bond donors (Lipinski definition) is 0. The van der Waals surface area contributed by atoms with Gasteiger partial charge in [-0.15, -0.1) is 0 Å². The first-order valence-corrected chi connectivity index (χ1v) is 11.4. The molecule has 34 heavy (non-hydrogen) atoms. The molecule has 0 aliphatic rings. The van der Waals surface area contributed by atoms with Gasteiger partial charge in [0.15, 0.2) is 0 Å². The Balaban J connectivity index is 1.77. The van der Waals surface area contributed by atoms with Crippen molar-refractivity contribution in [3.05, 3.63) is 107 Å². The number of fused-ring (bicyclic) bond motifs is 1. The number of benzene rings is 3. The maximum Gasteiger partial charge on any atom is 0.312 e. The molecule has 8 nitrogen and oxygen atoms in total. The molecule has 0 N–H and O–H groups in total. The highest BCUT2D eigenvalue weighted by Crippen LogP contribution is 2.34. The topological polar surface area (TPSA) is 99.6 Å². The zero-order valence-electron chi connectivity index (χ0n) is 17.5. The van der Waals surface area contributed by atoms with Crippen LogP contribution in [0.5, 0.6) is 5.75 Å². The molecule has 1 aromatic heterocycles. The third kappa shape index (κ3) is 5.05. The Bertz CT molecular complexity index is 1500. The van der Waals surface area contributed by atoms with Crippen LogP contribution in [0.25, 0.3) is 10.9 Å². The molecular formula is C23H15Br2FN4O4. The van der Waals surface area contributed by atoms with Crippen molar-refractivity contribution in [2.24, 2.45) is 5.10 Å². The predicted octanol–water partition coefficient (Wildman–Crippen LogP) is 5.74. The Labute approximate surface area is 209 Å². The number of rotatable bonds is 6. The van der Waals surface area contributed by atoms with Gasteiger partial charge < -0.3 is 4.74 Å². The fourth-order valence-corrected chi connectivity index (χ4v) is 4.06. The molecule has 0 spiro atoms. The highest BCUT2D eigenvalue weighted by molar-refractivity contribution is 9.10. The van der Waals surface area contributed by atoms with Crippen molar-refractivity contribution in [1.29, 1.82) is 0 Å². The van der Waals surface area contributed by atoms with Crippen LogP contribution in [-0.4, -0.2) is 20.8 Å². The lowest BCUT2D eigenvalue weighted by Crippen LogP contribution is -2.20. The fraction of sp³-hybridized carbons (Fsp3) is 0.0870. The lowest BCUT2D eigenvalue weighted by atomic mass is 10.2. The average Bonchev–Trinajstić information content (AvgIpc) is 2.79. The maximum atomic E-state index is 13.2. The van der Waals surface area contributed by atoms with E-state index in [9.17, 15) is 19.3 Å². The molecule has 0 fully saturated rings. The standard InChI is InChI=1S/C23H15Br2FN4O4/c1-13-28-20-7-4-16(24)9-19(20)23(31)29(13)27-11-15-8-17(25)10-21(30(32)33)22(15)34-12-14-2-5-18(26)6-3-14/h2-11H,12H2,1H3. The molecule has 0 saturated carbocycles. The van der Waals surface area contributed by atoms with Crippen LogP contribution in [0.3, 0.4) is 0 Å². The smallest absolute Gasteiger partial charge is 0.312 e. The summed E-state index contributed by atoms with van der Waals surface area (Å²) in [7, 11) is 0. The number of nitrogens with zero attached hydrogens (tertiary/aromatic N) is 4. The normalized spacial score (nSPS) is 11.3. The van der Waals surface area contributed by atoms with Crippen LogP contribution in [0.1, 0.15) is 17.0 Å². The van der Waals surface area contributed by atoms with Crippen molar-refractivity contribution in [1.82, 2.24) is 9.66 Å². The average molecular weight is 590 g/mol. The van der Waals surface area contributed by atoms with E-state index < -0.39 is 16.3 Å². The summed E-state index contributed by atoms with van der Waals surface area (Å²) < 4.78 is 21.2. The molecule has 0 saturated heterocycles. The number of halogens is 3. The molecular weight excluding hydrogens is 575 g/mol. The lowest BCUT2D eigenvalue weighted by Gasteiger charge is -2.11. The first kappa shape index (κ1) is 23.7. The number of hydrogen-bond acceptors (Lipinski definition) is 6. The van der Waals surface area contributed by atoms with Gasteiger partial charge >= 0.3 is 5.69 Å². The van der Waals surface area contributed by atoms with Crippen LogP contribution >= 0.6 is 31.9 Å². The van der Waals surface area contributed by atoms with E-state index in [1.165, 1.54) is 36.5 Å². The van der Waals surface area contributed by atoms with Gasteiger partial charge in [-0.05, 0) is 48.9 Å². The van der Waals surface area contributed by atoms with E-state index in [4.69, 9.17) is 4.74 Å². The number of aromatic nitrogens is 2. The van der Waals surface area contributed by atoms with Gasteiger partial charge in [-0.2, -0.15) is 9.78 Å². The van der Waals surface area contributed by atoms with Crippen LogP contribution in [0.15, 0.2) is 73.4 Å². The van der Waals surface area contributed by atoms with Crippen LogP contribution in [0.2, 0.25) is 0 Å². The summed E-state index contributed by atoms with van der Waals surface area (Å²) in [5.74, 6) is -0.0964. The Morgan fingerprint density at radius 2 is 1.88 bits per heavy atom.